The van der Waals surface area contributed by atoms with Crippen LogP contribution >= 0.6 is 0 Å². The topological polar surface area (TPSA) is 47.3 Å². The van der Waals surface area contributed by atoms with E-state index in [0.717, 1.165) is 43.5 Å². The molecule has 3 N–H and O–H groups in total. The summed E-state index contributed by atoms with van der Waals surface area (Å²) in [6.07, 6.45) is 2.36. The Labute approximate surface area is 97.0 Å². The first kappa shape index (κ1) is 11.3. The normalized spacial score (nSPS) is 19.9. The number of nitrogens with two attached hydrogens (primary N) is 1. The van der Waals surface area contributed by atoms with E-state index < -0.39 is 0 Å². The molecule has 0 aromatic heterocycles. The van der Waals surface area contributed by atoms with Gasteiger partial charge in [-0.05, 0) is 43.4 Å². The molecule has 3 heteroatoms. The first-order valence-corrected chi connectivity index (χ1v) is 5.93. The van der Waals surface area contributed by atoms with Gasteiger partial charge in [0.25, 0.3) is 0 Å². The van der Waals surface area contributed by atoms with Gasteiger partial charge in [0.1, 0.15) is 0 Å². The van der Waals surface area contributed by atoms with Crippen molar-refractivity contribution in [1.29, 1.82) is 0 Å². The molecule has 0 saturated carbocycles. The number of anilines is 2. The molecule has 0 amide bonds. The smallest absolute Gasteiger partial charge is 0.0576 e. The van der Waals surface area contributed by atoms with Gasteiger partial charge in [-0.1, -0.05) is 6.07 Å². The van der Waals surface area contributed by atoms with E-state index in [-0.39, 0.29) is 0 Å². The number of aryl methyl sites for hydroxylation is 1. The van der Waals surface area contributed by atoms with Gasteiger partial charge in [0.2, 0.25) is 0 Å². The van der Waals surface area contributed by atoms with Crippen LogP contribution in [0, 0.1) is 12.8 Å². The molecule has 0 bridgehead atoms. The van der Waals surface area contributed by atoms with Crippen LogP contribution in [-0.4, -0.2) is 19.8 Å². The highest BCUT2D eigenvalue weighted by Gasteiger charge is 2.14. The number of hydrogen-bond donors (Lipinski definition) is 2. The van der Waals surface area contributed by atoms with Crippen LogP contribution in [0.3, 0.4) is 0 Å². The number of ether oxygens (including phenoxy) is 1. The second-order valence-corrected chi connectivity index (χ2v) is 4.54. The summed E-state index contributed by atoms with van der Waals surface area (Å²) in [4.78, 5) is 0. The van der Waals surface area contributed by atoms with Crippen molar-refractivity contribution in [3.8, 4) is 0 Å². The first-order chi connectivity index (χ1) is 7.75. The van der Waals surface area contributed by atoms with Gasteiger partial charge in [0.05, 0.1) is 11.4 Å². The van der Waals surface area contributed by atoms with E-state index in [1.807, 2.05) is 12.1 Å². The molecule has 1 aliphatic heterocycles. The van der Waals surface area contributed by atoms with E-state index in [4.69, 9.17) is 10.5 Å². The fourth-order valence-electron chi connectivity index (χ4n) is 2.05. The summed E-state index contributed by atoms with van der Waals surface area (Å²) in [5.74, 6) is 0.721. The monoisotopic (exact) mass is 220 g/mol. The number of nitrogen functional groups attached to an aromatic ring is 1. The summed E-state index contributed by atoms with van der Waals surface area (Å²) in [6.45, 7) is 4.90. The summed E-state index contributed by atoms with van der Waals surface area (Å²) < 4.78 is 5.35. The van der Waals surface area contributed by atoms with Crippen LogP contribution in [0.25, 0.3) is 0 Å². The van der Waals surface area contributed by atoms with Gasteiger partial charge in [-0.15, -0.1) is 0 Å². The molecule has 1 saturated heterocycles. The third-order valence-electron chi connectivity index (χ3n) is 3.10. The van der Waals surface area contributed by atoms with Crippen LogP contribution in [0.1, 0.15) is 18.4 Å². The lowest BCUT2D eigenvalue weighted by atomic mass is 10.1. The third kappa shape index (κ3) is 2.89. The maximum absolute atomic E-state index is 5.90. The Kier molecular flexibility index (Phi) is 3.67. The predicted octanol–water partition coefficient (Wildman–Crippen LogP) is 2.42. The molecule has 1 heterocycles. The van der Waals surface area contributed by atoms with Crippen LogP contribution in [0.15, 0.2) is 18.2 Å². The fraction of sp³-hybridized carbons (Fsp3) is 0.538. The molecule has 88 valence electrons. The summed E-state index contributed by atoms with van der Waals surface area (Å²) in [6, 6.07) is 6.09. The minimum absolute atomic E-state index is 0.721. The van der Waals surface area contributed by atoms with Crippen molar-refractivity contribution in [2.75, 3.05) is 30.8 Å². The van der Waals surface area contributed by atoms with E-state index in [0.29, 0.717) is 0 Å². The first-order valence-electron chi connectivity index (χ1n) is 5.93. The second-order valence-electron chi connectivity index (χ2n) is 4.54. The lowest BCUT2D eigenvalue weighted by Gasteiger charge is -2.12. The van der Waals surface area contributed by atoms with Crippen LogP contribution in [0.2, 0.25) is 0 Å². The Morgan fingerprint density at radius 1 is 1.50 bits per heavy atom. The SMILES string of the molecule is Cc1ccc(N)c(NCCC2CCOC2)c1. The molecule has 16 heavy (non-hydrogen) atoms. The largest absolute Gasteiger partial charge is 0.397 e. The molecule has 1 aromatic rings. The number of hydrogen-bond acceptors (Lipinski definition) is 3. The van der Waals surface area contributed by atoms with Crippen molar-refractivity contribution >= 4 is 11.4 Å². The van der Waals surface area contributed by atoms with Gasteiger partial charge in [-0.3, -0.25) is 0 Å². The Balaban J connectivity index is 1.82. The molecular weight excluding hydrogens is 200 g/mol. The predicted molar refractivity (Wildman–Crippen MR) is 67.6 cm³/mol. The maximum atomic E-state index is 5.90. The lowest BCUT2D eigenvalue weighted by molar-refractivity contribution is 0.185. The quantitative estimate of drug-likeness (QED) is 0.766. The van der Waals surface area contributed by atoms with Crippen molar-refractivity contribution < 1.29 is 4.74 Å². The molecule has 1 fully saturated rings. The van der Waals surface area contributed by atoms with E-state index >= 15 is 0 Å². The molecule has 2 rings (SSSR count). The Morgan fingerprint density at radius 2 is 2.38 bits per heavy atom. The molecule has 1 aliphatic rings. The zero-order valence-corrected chi connectivity index (χ0v) is 9.83. The van der Waals surface area contributed by atoms with Gasteiger partial charge in [0.15, 0.2) is 0 Å². The molecule has 1 aromatic carbocycles. The average molecular weight is 220 g/mol. The van der Waals surface area contributed by atoms with Crippen molar-refractivity contribution in [3.05, 3.63) is 23.8 Å². The summed E-state index contributed by atoms with van der Waals surface area (Å²) in [5.41, 5.74) is 9.02. The van der Waals surface area contributed by atoms with Gasteiger partial charge in [-0.2, -0.15) is 0 Å². The van der Waals surface area contributed by atoms with Crippen molar-refractivity contribution in [2.45, 2.75) is 19.8 Å². The Morgan fingerprint density at radius 3 is 3.12 bits per heavy atom. The van der Waals surface area contributed by atoms with Gasteiger partial charge >= 0.3 is 0 Å². The highest BCUT2D eigenvalue weighted by Crippen LogP contribution is 2.21. The number of benzene rings is 1. The minimum atomic E-state index is 0.721. The van der Waals surface area contributed by atoms with E-state index in [1.54, 1.807) is 0 Å². The van der Waals surface area contributed by atoms with Crippen LogP contribution in [0.5, 0.6) is 0 Å². The van der Waals surface area contributed by atoms with E-state index in [9.17, 15) is 0 Å². The van der Waals surface area contributed by atoms with Crippen LogP contribution < -0.4 is 11.1 Å². The van der Waals surface area contributed by atoms with Crippen LogP contribution in [-0.2, 0) is 4.74 Å². The van der Waals surface area contributed by atoms with E-state index in [1.165, 1.54) is 12.0 Å². The van der Waals surface area contributed by atoms with Gasteiger partial charge in [0, 0.05) is 19.8 Å². The number of rotatable bonds is 4. The second kappa shape index (κ2) is 5.21. The zero-order valence-electron chi connectivity index (χ0n) is 9.83. The molecule has 3 nitrogen and oxygen atoms in total. The average Bonchev–Trinajstić information content (AvgIpc) is 2.76. The van der Waals surface area contributed by atoms with Crippen molar-refractivity contribution in [3.63, 3.8) is 0 Å². The van der Waals surface area contributed by atoms with Gasteiger partial charge < -0.3 is 15.8 Å². The highest BCUT2D eigenvalue weighted by molar-refractivity contribution is 5.66. The molecule has 0 spiro atoms. The Hall–Kier alpha value is -1.22. The highest BCUT2D eigenvalue weighted by atomic mass is 16.5. The number of nitrogens with one attached hydrogen (secondary N) is 1. The molecule has 1 atom stereocenters. The minimum Gasteiger partial charge on any atom is -0.397 e. The zero-order chi connectivity index (χ0) is 11.4. The third-order valence-corrected chi connectivity index (χ3v) is 3.10. The molecule has 0 aliphatic carbocycles. The maximum Gasteiger partial charge on any atom is 0.0576 e. The molecular formula is C13H20N2O. The molecule has 0 radical (unpaired) electrons. The summed E-state index contributed by atoms with van der Waals surface area (Å²) in [7, 11) is 0. The summed E-state index contributed by atoms with van der Waals surface area (Å²) in [5, 5.41) is 3.40. The van der Waals surface area contributed by atoms with Crippen LogP contribution in [0.4, 0.5) is 11.4 Å². The Bertz CT molecular complexity index is 346. The van der Waals surface area contributed by atoms with Crippen molar-refractivity contribution in [1.82, 2.24) is 0 Å². The van der Waals surface area contributed by atoms with Crippen molar-refractivity contribution in [2.24, 2.45) is 5.92 Å². The lowest BCUT2D eigenvalue weighted by Crippen LogP contribution is -2.10. The summed E-state index contributed by atoms with van der Waals surface area (Å²) >= 11 is 0. The standard InChI is InChI=1S/C13H20N2O/c1-10-2-3-12(14)13(8-10)15-6-4-11-5-7-16-9-11/h2-3,8,11,15H,4-7,9,14H2,1H3. The fourth-order valence-corrected chi connectivity index (χ4v) is 2.05. The van der Waals surface area contributed by atoms with Gasteiger partial charge in [-0.25, -0.2) is 0 Å². The van der Waals surface area contributed by atoms with E-state index in [2.05, 4.69) is 18.3 Å². The molecule has 1 unspecified atom stereocenters.